The first kappa shape index (κ1) is 29.2. The minimum atomic E-state index is -0.426. The van der Waals surface area contributed by atoms with Gasteiger partial charge in [-0.15, -0.1) is 0 Å². The lowest BCUT2D eigenvalue weighted by Crippen LogP contribution is -2.21. The second kappa shape index (κ2) is 12.8. The van der Waals surface area contributed by atoms with Crippen LogP contribution in [0.25, 0.3) is 27.6 Å². The van der Waals surface area contributed by atoms with Gasteiger partial charge in [-0.25, -0.2) is 19.3 Å². The van der Waals surface area contributed by atoms with E-state index in [-0.39, 0.29) is 11.1 Å². The van der Waals surface area contributed by atoms with Gasteiger partial charge < -0.3 is 19.8 Å². The molecule has 11 nitrogen and oxygen atoms in total. The van der Waals surface area contributed by atoms with Gasteiger partial charge in [-0.3, -0.25) is 10.3 Å². The highest BCUT2D eigenvalue weighted by molar-refractivity contribution is 14.1. The molecule has 3 aromatic heterocycles. The van der Waals surface area contributed by atoms with Gasteiger partial charge in [0.2, 0.25) is 0 Å². The fourth-order valence-corrected chi connectivity index (χ4v) is 4.61. The fourth-order valence-electron chi connectivity index (χ4n) is 4.61. The SMILES string of the molecule is COc1ccc(-n2nc(C(C)(C)C)cc2NC(=O)Nc2ccc(Oc3ccnc4[nH]c(=O)[nH]c34)c3ccccc23)cc1.[2H]CI. The molecule has 3 aromatic carbocycles. The number of imidazole rings is 1. The van der Waals surface area contributed by atoms with Crippen LogP contribution in [0.1, 0.15) is 27.8 Å². The number of ether oxygens (including phenoxy) is 2. The summed E-state index contributed by atoms with van der Waals surface area (Å²) in [5, 5.41) is 12.3. The summed E-state index contributed by atoms with van der Waals surface area (Å²) in [5.74, 6) is 2.25. The van der Waals surface area contributed by atoms with Crippen molar-refractivity contribution in [2.24, 2.45) is 0 Å². The Morgan fingerprint density at radius 3 is 2.41 bits per heavy atom. The quantitative estimate of drug-likeness (QED) is 0.105. The number of fused-ring (bicyclic) bond motifs is 2. The van der Waals surface area contributed by atoms with Crippen molar-refractivity contribution in [1.29, 1.82) is 0 Å². The van der Waals surface area contributed by atoms with Gasteiger partial charge in [0, 0.05) is 35.9 Å². The van der Waals surface area contributed by atoms with Gasteiger partial charge in [-0.1, -0.05) is 67.6 Å². The zero-order chi connectivity index (χ0) is 32.1. The van der Waals surface area contributed by atoms with Crippen molar-refractivity contribution in [2.75, 3.05) is 22.6 Å². The van der Waals surface area contributed by atoms with E-state index in [2.05, 4.69) is 46.4 Å². The molecule has 0 fully saturated rings. The number of aromatic amines is 2. The lowest BCUT2D eigenvalue weighted by atomic mass is 9.92. The van der Waals surface area contributed by atoms with Crippen molar-refractivity contribution in [3.05, 3.63) is 95.2 Å². The molecule has 0 atom stereocenters. The van der Waals surface area contributed by atoms with Crippen molar-refractivity contribution < 1.29 is 15.6 Å². The molecule has 6 rings (SSSR count). The zero-order valence-corrected chi connectivity index (χ0v) is 26.7. The number of halogens is 1. The van der Waals surface area contributed by atoms with E-state index in [1.54, 1.807) is 36.2 Å². The van der Waals surface area contributed by atoms with Gasteiger partial charge in [0.25, 0.3) is 0 Å². The molecular weight excluding hydrogens is 673 g/mol. The number of hydrogen-bond acceptors (Lipinski definition) is 6. The number of methoxy groups -OCH3 is 1. The lowest BCUT2D eigenvalue weighted by molar-refractivity contribution is 0.262. The fraction of sp³-hybridized carbons (Fsp3) is 0.188. The Kier molecular flexibility index (Phi) is 8.50. The van der Waals surface area contributed by atoms with E-state index in [0.29, 0.717) is 39.1 Å². The molecule has 4 N–H and O–H groups in total. The highest BCUT2D eigenvalue weighted by atomic mass is 127. The molecule has 0 radical (unpaired) electrons. The first-order chi connectivity index (χ1) is 21.6. The van der Waals surface area contributed by atoms with Gasteiger partial charge in [0.1, 0.15) is 22.8 Å². The molecule has 0 saturated heterocycles. The molecule has 226 valence electrons. The van der Waals surface area contributed by atoms with E-state index in [4.69, 9.17) is 15.9 Å². The Morgan fingerprint density at radius 2 is 1.70 bits per heavy atom. The number of amides is 2. The number of hydrogen-bond donors (Lipinski definition) is 4. The summed E-state index contributed by atoms with van der Waals surface area (Å²) in [4.78, 5) is 35.1. The van der Waals surface area contributed by atoms with Gasteiger partial charge in [0.15, 0.2) is 11.4 Å². The van der Waals surface area contributed by atoms with Crippen molar-refractivity contribution in [3.63, 3.8) is 0 Å². The second-order valence-corrected chi connectivity index (χ2v) is 10.7. The lowest BCUT2D eigenvalue weighted by Gasteiger charge is -2.14. The van der Waals surface area contributed by atoms with Crippen LogP contribution >= 0.6 is 22.6 Å². The molecule has 6 aromatic rings. The summed E-state index contributed by atoms with van der Waals surface area (Å²) < 4.78 is 19.4. The van der Waals surface area contributed by atoms with Crippen LogP contribution in [-0.2, 0) is 5.41 Å². The summed E-state index contributed by atoms with van der Waals surface area (Å²) >= 11 is 1.96. The van der Waals surface area contributed by atoms with Crippen molar-refractivity contribution in [2.45, 2.75) is 26.2 Å². The Bertz CT molecular complexity index is 2010. The largest absolute Gasteiger partial charge is 0.497 e. The van der Waals surface area contributed by atoms with E-state index < -0.39 is 6.03 Å². The maximum absolute atomic E-state index is 13.3. The number of urea groups is 1. The minimum Gasteiger partial charge on any atom is -0.497 e. The number of alkyl halides is 1. The number of carbonyl (C=O) groups is 1. The van der Waals surface area contributed by atoms with Gasteiger partial charge in [-0.05, 0) is 41.3 Å². The number of nitrogens with one attached hydrogen (secondary N) is 4. The summed E-state index contributed by atoms with van der Waals surface area (Å²) in [5.41, 5.74) is 2.47. The number of nitrogens with zero attached hydrogens (tertiary/aromatic N) is 3. The maximum Gasteiger partial charge on any atom is 0.325 e. The molecule has 0 aliphatic rings. The van der Waals surface area contributed by atoms with E-state index in [1.165, 1.54) is 0 Å². The Morgan fingerprint density at radius 1 is 0.977 bits per heavy atom. The van der Waals surface area contributed by atoms with Crippen LogP contribution < -0.4 is 25.8 Å². The van der Waals surface area contributed by atoms with Crippen LogP contribution in [0.3, 0.4) is 0 Å². The molecule has 0 aliphatic carbocycles. The van der Waals surface area contributed by atoms with Crippen LogP contribution in [-0.4, -0.2) is 42.8 Å². The molecular formula is C32H32IN7O4. The Balaban J connectivity index is 0.00000128. The molecule has 0 saturated carbocycles. The number of carbonyl (C=O) groups excluding carboxylic acids is 1. The number of rotatable bonds is 6. The van der Waals surface area contributed by atoms with Gasteiger partial charge in [0.05, 0.1) is 24.2 Å². The normalized spacial score (nSPS) is 11.4. The third-order valence-electron chi connectivity index (χ3n) is 6.77. The third-order valence-corrected chi connectivity index (χ3v) is 6.77. The number of aromatic nitrogens is 5. The van der Waals surface area contributed by atoms with Gasteiger partial charge in [-0.2, -0.15) is 5.10 Å². The average molecular weight is 707 g/mol. The highest BCUT2D eigenvalue weighted by Gasteiger charge is 2.22. The average Bonchev–Trinajstić information content (AvgIpc) is 3.62. The summed E-state index contributed by atoms with van der Waals surface area (Å²) in [6.45, 7) is 6.20. The van der Waals surface area contributed by atoms with E-state index >= 15 is 0 Å². The van der Waals surface area contributed by atoms with Crippen LogP contribution in [0.15, 0.2) is 83.8 Å². The first-order valence-electron chi connectivity index (χ1n) is 14.3. The molecule has 0 aliphatic heterocycles. The van der Waals surface area contributed by atoms with E-state index in [0.717, 1.165) is 27.9 Å². The maximum atomic E-state index is 13.3. The molecule has 44 heavy (non-hydrogen) atoms. The first-order valence-corrected chi connectivity index (χ1v) is 15.1. The van der Waals surface area contributed by atoms with Crippen molar-refractivity contribution >= 4 is 62.1 Å². The van der Waals surface area contributed by atoms with E-state index in [1.807, 2.05) is 77.2 Å². The van der Waals surface area contributed by atoms with Crippen molar-refractivity contribution in [1.82, 2.24) is 24.7 Å². The smallest absolute Gasteiger partial charge is 0.325 e. The van der Waals surface area contributed by atoms with Crippen LogP contribution in [0.4, 0.5) is 16.3 Å². The molecule has 0 bridgehead atoms. The summed E-state index contributed by atoms with van der Waals surface area (Å²) in [6.07, 6.45) is 1.56. The van der Waals surface area contributed by atoms with Gasteiger partial charge >= 0.3 is 11.7 Å². The predicted octanol–water partition coefficient (Wildman–Crippen LogP) is 7.38. The monoisotopic (exact) mass is 706 g/mol. The van der Waals surface area contributed by atoms with Crippen LogP contribution in [0.2, 0.25) is 0 Å². The standard InChI is InChI=1S/C31H29N7O4.CH3I/c1-31(2,3)25-17-26(38(37-25)18-9-11-19(41-4)12-10-18)34-29(39)33-22-13-14-23(21-8-6-5-7-20(21)22)42-24-15-16-32-28-27(24)35-30(40)36-28;1-2/h5-17H,1-4H3,(H2,33,34,39)(H2,32,35,36,40);1H3/i;1D. The highest BCUT2D eigenvalue weighted by Crippen LogP contribution is 2.36. The number of pyridine rings is 1. The Labute approximate surface area is 268 Å². The minimum absolute atomic E-state index is 0.232. The Hall–Kier alpha value is -4.85. The van der Waals surface area contributed by atoms with Crippen LogP contribution in [0, 0.1) is 0 Å². The number of benzene rings is 3. The molecule has 12 heteroatoms. The third kappa shape index (κ3) is 6.39. The predicted molar refractivity (Wildman–Crippen MR) is 182 cm³/mol. The van der Waals surface area contributed by atoms with E-state index in [9.17, 15) is 9.59 Å². The molecule has 0 spiro atoms. The van der Waals surface area contributed by atoms with Crippen LogP contribution in [0.5, 0.6) is 17.2 Å². The van der Waals surface area contributed by atoms with Crippen molar-refractivity contribution in [3.8, 4) is 22.9 Å². The topological polar surface area (TPSA) is 139 Å². The second-order valence-electron chi connectivity index (χ2n) is 10.7. The number of anilines is 2. The number of H-pyrrole nitrogens is 2. The molecule has 3 heterocycles. The molecule has 0 unspecified atom stereocenters. The summed E-state index contributed by atoms with van der Waals surface area (Å²) in [6, 6.07) is 21.7. The summed E-state index contributed by atoms with van der Waals surface area (Å²) in [7, 11) is 1.61. The molecule has 2 amide bonds. The zero-order valence-electron chi connectivity index (χ0n) is 25.6.